The van der Waals surface area contributed by atoms with E-state index in [4.69, 9.17) is 9.72 Å². The number of carbonyl (C=O) groups excluding carboxylic acids is 1. The van der Waals surface area contributed by atoms with E-state index < -0.39 is 0 Å². The number of esters is 1. The number of hydrogen-bond acceptors (Lipinski definition) is 9. The van der Waals surface area contributed by atoms with Crippen LogP contribution < -0.4 is 9.80 Å². The van der Waals surface area contributed by atoms with Crippen LogP contribution in [0.15, 0.2) is 39.0 Å². The minimum Gasteiger partial charge on any atom is -0.464 e. The number of halogens is 1. The van der Waals surface area contributed by atoms with Gasteiger partial charge in [-0.05, 0) is 37.5 Å². The van der Waals surface area contributed by atoms with Gasteiger partial charge >= 0.3 is 5.97 Å². The Morgan fingerprint density at radius 1 is 1.24 bits per heavy atom. The van der Waals surface area contributed by atoms with Gasteiger partial charge in [0.15, 0.2) is 10.9 Å². The van der Waals surface area contributed by atoms with E-state index in [0.29, 0.717) is 10.9 Å². The summed E-state index contributed by atoms with van der Waals surface area (Å²) in [6.07, 6.45) is 6.54. The summed E-state index contributed by atoms with van der Waals surface area (Å²) in [4.78, 5) is 24.7. The van der Waals surface area contributed by atoms with Gasteiger partial charge in [0.2, 0.25) is 0 Å². The zero-order valence-corrected chi connectivity index (χ0v) is 22.7. The van der Waals surface area contributed by atoms with Crippen LogP contribution in [0.4, 0.5) is 10.9 Å². The summed E-state index contributed by atoms with van der Waals surface area (Å²) in [5, 5.41) is 1.51. The van der Waals surface area contributed by atoms with Gasteiger partial charge in [-0.25, -0.2) is 9.78 Å². The molecule has 1 aromatic heterocycles. The molecule has 0 aromatic carbocycles. The number of carbonyl (C=O) groups is 1. The highest BCUT2D eigenvalue weighted by Crippen LogP contribution is 2.46. The van der Waals surface area contributed by atoms with Crippen LogP contribution in [-0.2, 0) is 9.53 Å². The third kappa shape index (κ3) is 4.47. The fourth-order valence-corrected chi connectivity index (χ4v) is 7.87. The number of thiazole rings is 1. The fourth-order valence-electron chi connectivity index (χ4n) is 4.58. The number of fused-ring (bicyclic) bond motifs is 1. The number of hydrogen-bond donors (Lipinski definition) is 0. The Morgan fingerprint density at radius 3 is 2.61 bits per heavy atom. The molecular formula is C23H30BrN5O2S2. The third-order valence-electron chi connectivity index (χ3n) is 6.35. The van der Waals surface area contributed by atoms with Crippen molar-refractivity contribution in [3.8, 4) is 0 Å². The van der Waals surface area contributed by atoms with Gasteiger partial charge in [-0.1, -0.05) is 25.2 Å². The maximum Gasteiger partial charge on any atom is 0.355 e. The highest BCUT2D eigenvalue weighted by molar-refractivity contribution is 9.07. The normalized spacial score (nSPS) is 21.6. The van der Waals surface area contributed by atoms with Crippen molar-refractivity contribution in [3.63, 3.8) is 0 Å². The number of rotatable bonds is 6. The van der Waals surface area contributed by atoms with Crippen molar-refractivity contribution >= 4 is 56.2 Å². The van der Waals surface area contributed by atoms with Gasteiger partial charge in [0.25, 0.3) is 0 Å². The molecule has 178 valence electrons. The van der Waals surface area contributed by atoms with E-state index in [0.717, 1.165) is 61.1 Å². The molecule has 1 saturated heterocycles. The molecule has 4 aliphatic rings. The lowest BCUT2D eigenvalue weighted by Gasteiger charge is -2.35. The smallest absolute Gasteiger partial charge is 0.355 e. The predicted molar refractivity (Wildman–Crippen MR) is 139 cm³/mol. The minimum absolute atomic E-state index is 0.363. The first-order chi connectivity index (χ1) is 15.9. The van der Waals surface area contributed by atoms with Gasteiger partial charge < -0.3 is 14.5 Å². The number of piperazine rings is 1. The molecular weight excluding hydrogens is 522 g/mol. The van der Waals surface area contributed by atoms with Crippen LogP contribution in [0.2, 0.25) is 0 Å². The predicted octanol–water partition coefficient (Wildman–Crippen LogP) is 4.59. The zero-order chi connectivity index (χ0) is 23.3. The highest BCUT2D eigenvalue weighted by atomic mass is 79.9. The van der Waals surface area contributed by atoms with Crippen molar-refractivity contribution in [1.29, 1.82) is 0 Å². The molecule has 0 N–H and O–H groups in total. The number of allylic oxidation sites excluding steroid dienone is 2. The van der Waals surface area contributed by atoms with Gasteiger partial charge in [-0.15, -0.1) is 11.8 Å². The SMILES string of the molecule is COC(=O)C1=CC=C2C(=C(C)CN2c2nc(N3CCN(C4CC4)CC3)c(SC(C)C)s2)N1Br. The Balaban J connectivity index is 1.43. The summed E-state index contributed by atoms with van der Waals surface area (Å²) in [5.74, 6) is 0.770. The Hall–Kier alpha value is -1.49. The van der Waals surface area contributed by atoms with Gasteiger partial charge in [-0.3, -0.25) is 8.83 Å². The van der Waals surface area contributed by atoms with E-state index in [1.807, 2.05) is 17.8 Å². The molecule has 3 aliphatic heterocycles. The lowest BCUT2D eigenvalue weighted by atomic mass is 10.1. The molecule has 33 heavy (non-hydrogen) atoms. The number of anilines is 2. The molecule has 2 fully saturated rings. The van der Waals surface area contributed by atoms with Gasteiger partial charge in [0, 0.05) is 44.0 Å². The lowest BCUT2D eigenvalue weighted by molar-refractivity contribution is -0.137. The van der Waals surface area contributed by atoms with Crippen molar-refractivity contribution in [2.24, 2.45) is 0 Å². The Kier molecular flexibility index (Phi) is 6.54. The molecule has 0 atom stereocenters. The van der Waals surface area contributed by atoms with Crippen LogP contribution in [0, 0.1) is 0 Å². The topological polar surface area (TPSA) is 52.2 Å². The van der Waals surface area contributed by atoms with E-state index >= 15 is 0 Å². The number of thioether (sulfide) groups is 1. The minimum atomic E-state index is -0.363. The molecule has 1 saturated carbocycles. The number of methoxy groups -OCH3 is 1. The van der Waals surface area contributed by atoms with Crippen molar-refractivity contribution in [2.45, 2.75) is 49.1 Å². The van der Waals surface area contributed by atoms with Crippen molar-refractivity contribution in [1.82, 2.24) is 13.8 Å². The Morgan fingerprint density at radius 2 is 1.97 bits per heavy atom. The molecule has 10 heteroatoms. The molecule has 0 amide bonds. The van der Waals surface area contributed by atoms with E-state index in [-0.39, 0.29) is 5.97 Å². The molecule has 1 aromatic rings. The summed E-state index contributed by atoms with van der Waals surface area (Å²) >= 11 is 7.27. The summed E-state index contributed by atoms with van der Waals surface area (Å²) in [7, 11) is 1.40. The van der Waals surface area contributed by atoms with E-state index in [2.05, 4.69) is 51.6 Å². The van der Waals surface area contributed by atoms with E-state index in [1.54, 1.807) is 21.3 Å². The largest absolute Gasteiger partial charge is 0.464 e. The molecule has 0 radical (unpaired) electrons. The second-order valence-corrected chi connectivity index (χ2v) is 12.7. The third-order valence-corrected chi connectivity index (χ3v) is 9.36. The van der Waals surface area contributed by atoms with Crippen LogP contribution in [0.1, 0.15) is 33.6 Å². The maximum atomic E-state index is 12.2. The van der Waals surface area contributed by atoms with Crippen molar-refractivity contribution in [2.75, 3.05) is 49.6 Å². The second-order valence-electron chi connectivity index (χ2n) is 9.12. The molecule has 0 bridgehead atoms. The molecule has 7 nitrogen and oxygen atoms in total. The van der Waals surface area contributed by atoms with Crippen LogP contribution in [0.3, 0.4) is 0 Å². The second kappa shape index (κ2) is 9.28. The first-order valence-electron chi connectivity index (χ1n) is 11.5. The van der Waals surface area contributed by atoms with Crippen LogP contribution >= 0.6 is 39.2 Å². The first-order valence-corrected chi connectivity index (χ1v) is 13.9. The van der Waals surface area contributed by atoms with E-state index in [9.17, 15) is 4.79 Å². The van der Waals surface area contributed by atoms with Gasteiger partial charge in [0.05, 0.1) is 34.7 Å². The Bertz CT molecular complexity index is 1040. The number of ether oxygens (including phenoxy) is 1. The summed E-state index contributed by atoms with van der Waals surface area (Å²) < 4.78 is 8.00. The number of nitrogens with zero attached hydrogens (tertiary/aromatic N) is 5. The summed E-state index contributed by atoms with van der Waals surface area (Å²) in [5.41, 5.74) is 3.70. The standard InChI is InChI=1S/C23H30BrN5O2S2/c1-14(2)32-22-20(27-11-9-26(10-12-27)16-5-6-16)25-23(33-22)28-13-15(3)19-17(28)7-8-18(29(19)24)21(30)31-4/h7-8,14,16H,5-6,9-13H2,1-4H3. The van der Waals surface area contributed by atoms with Gasteiger partial charge in [0.1, 0.15) is 9.91 Å². The average Bonchev–Trinajstić information content (AvgIpc) is 3.48. The molecule has 0 spiro atoms. The van der Waals surface area contributed by atoms with Crippen molar-refractivity contribution in [3.05, 3.63) is 34.8 Å². The quantitative estimate of drug-likeness (QED) is 0.289. The monoisotopic (exact) mass is 551 g/mol. The zero-order valence-electron chi connectivity index (χ0n) is 19.5. The average molecular weight is 553 g/mol. The lowest BCUT2D eigenvalue weighted by Crippen LogP contribution is -2.47. The van der Waals surface area contributed by atoms with Crippen LogP contribution in [-0.4, -0.2) is 70.9 Å². The van der Waals surface area contributed by atoms with Crippen molar-refractivity contribution < 1.29 is 9.53 Å². The molecule has 0 unspecified atom stereocenters. The molecule has 1 aliphatic carbocycles. The first kappa shape index (κ1) is 23.3. The Labute approximate surface area is 212 Å². The van der Waals surface area contributed by atoms with Gasteiger partial charge in [-0.2, -0.15) is 0 Å². The number of aromatic nitrogens is 1. The van der Waals surface area contributed by atoms with Crippen LogP contribution in [0.25, 0.3) is 0 Å². The molecule has 5 rings (SSSR count). The van der Waals surface area contributed by atoms with Crippen LogP contribution in [0.5, 0.6) is 0 Å². The maximum absolute atomic E-state index is 12.2. The highest BCUT2D eigenvalue weighted by Gasteiger charge is 2.37. The van der Waals surface area contributed by atoms with E-state index in [1.165, 1.54) is 29.7 Å². The summed E-state index contributed by atoms with van der Waals surface area (Å²) in [6, 6.07) is 0.827. The molecule has 4 heterocycles. The fraction of sp³-hybridized carbons (Fsp3) is 0.565. The summed E-state index contributed by atoms with van der Waals surface area (Å²) in [6.45, 7) is 11.7.